The van der Waals surface area contributed by atoms with Gasteiger partial charge in [0.15, 0.2) is 0 Å². The summed E-state index contributed by atoms with van der Waals surface area (Å²) in [5.41, 5.74) is 0.569. The van der Waals surface area contributed by atoms with E-state index < -0.39 is 10.0 Å². The normalized spacial score (nSPS) is 11.1. The number of hydrogen-bond acceptors (Lipinski definition) is 4. The molecule has 0 atom stereocenters. The van der Waals surface area contributed by atoms with Gasteiger partial charge in [-0.3, -0.25) is 9.10 Å². The fourth-order valence-corrected chi connectivity index (χ4v) is 3.08. The van der Waals surface area contributed by atoms with Gasteiger partial charge < -0.3 is 10.1 Å². The van der Waals surface area contributed by atoms with Crippen molar-refractivity contribution in [1.29, 1.82) is 0 Å². The van der Waals surface area contributed by atoms with Gasteiger partial charge in [0.1, 0.15) is 5.75 Å². The highest BCUT2D eigenvalue weighted by atomic mass is 32.2. The maximum absolute atomic E-state index is 12.0. The van der Waals surface area contributed by atoms with Gasteiger partial charge in [0.25, 0.3) is 0 Å². The summed E-state index contributed by atoms with van der Waals surface area (Å²) in [4.78, 5) is 11.7. The lowest BCUT2D eigenvalue weighted by Crippen LogP contribution is -2.32. The van der Waals surface area contributed by atoms with Crippen LogP contribution in [0.25, 0.3) is 0 Å². The molecule has 1 amide bonds. The number of unbranched alkanes of at least 4 members (excludes halogenated alkanes) is 1. The molecule has 1 rings (SSSR count). The third-order valence-electron chi connectivity index (χ3n) is 3.38. The van der Waals surface area contributed by atoms with Gasteiger partial charge >= 0.3 is 0 Å². The van der Waals surface area contributed by atoms with Crippen LogP contribution < -0.4 is 14.4 Å². The topological polar surface area (TPSA) is 75.7 Å². The minimum atomic E-state index is -3.40. The molecule has 0 spiro atoms. The zero-order valence-electron chi connectivity index (χ0n) is 14.0. The van der Waals surface area contributed by atoms with Crippen LogP contribution in [-0.2, 0) is 14.8 Å². The quantitative estimate of drug-likeness (QED) is 0.661. The Morgan fingerprint density at radius 1 is 1.22 bits per heavy atom. The Balaban J connectivity index is 2.61. The smallest absolute Gasteiger partial charge is 0.232 e. The molecule has 7 heteroatoms. The first-order chi connectivity index (χ1) is 10.9. The van der Waals surface area contributed by atoms with Crippen molar-refractivity contribution in [1.82, 2.24) is 5.32 Å². The number of nitrogens with zero attached hydrogens (tertiary/aromatic N) is 1. The Kier molecular flexibility index (Phi) is 7.88. The molecular formula is C16H26N2O4S. The van der Waals surface area contributed by atoms with Crippen LogP contribution in [0.4, 0.5) is 5.69 Å². The first-order valence-electron chi connectivity index (χ1n) is 7.77. The zero-order valence-corrected chi connectivity index (χ0v) is 14.9. The molecule has 0 aliphatic rings. The maximum atomic E-state index is 12.0. The first-order valence-corrected chi connectivity index (χ1v) is 9.61. The molecule has 1 aromatic rings. The van der Waals surface area contributed by atoms with Crippen LogP contribution in [0.3, 0.4) is 0 Å². The summed E-state index contributed by atoms with van der Waals surface area (Å²) in [5, 5.41) is 2.83. The Labute approximate surface area is 138 Å². The van der Waals surface area contributed by atoms with Crippen molar-refractivity contribution in [3.63, 3.8) is 0 Å². The molecular weight excluding hydrogens is 316 g/mol. The number of methoxy groups -OCH3 is 1. The highest BCUT2D eigenvalue weighted by Gasteiger charge is 2.17. The van der Waals surface area contributed by atoms with Gasteiger partial charge in [0.2, 0.25) is 15.9 Å². The lowest BCUT2D eigenvalue weighted by atomic mass is 10.2. The molecule has 0 aliphatic heterocycles. The molecule has 0 fully saturated rings. The number of ether oxygens (including phenoxy) is 1. The van der Waals surface area contributed by atoms with E-state index in [2.05, 4.69) is 12.2 Å². The number of carbonyl (C=O) groups excluding carboxylic acids is 1. The number of nitrogens with one attached hydrogen (secondary N) is 1. The van der Waals surface area contributed by atoms with Gasteiger partial charge in [-0.15, -0.1) is 0 Å². The van der Waals surface area contributed by atoms with Gasteiger partial charge in [-0.1, -0.05) is 13.3 Å². The van der Waals surface area contributed by atoms with Crippen molar-refractivity contribution in [2.75, 3.05) is 30.8 Å². The second-order valence-corrected chi connectivity index (χ2v) is 7.25. The molecule has 0 saturated carbocycles. The van der Waals surface area contributed by atoms with E-state index >= 15 is 0 Å². The van der Waals surface area contributed by atoms with Crippen LogP contribution in [0, 0.1) is 0 Å². The Morgan fingerprint density at radius 3 is 2.39 bits per heavy atom. The predicted octanol–water partition coefficient (Wildman–Crippen LogP) is 2.16. The van der Waals surface area contributed by atoms with Crippen molar-refractivity contribution in [2.45, 2.75) is 32.6 Å². The lowest BCUT2D eigenvalue weighted by molar-refractivity contribution is -0.121. The fourth-order valence-electron chi connectivity index (χ4n) is 2.11. The van der Waals surface area contributed by atoms with Crippen molar-refractivity contribution in [3.8, 4) is 5.75 Å². The monoisotopic (exact) mass is 342 g/mol. The number of hydrogen-bond donors (Lipinski definition) is 1. The summed E-state index contributed by atoms with van der Waals surface area (Å²) < 4.78 is 30.3. The zero-order chi connectivity index (χ0) is 17.3. The predicted molar refractivity (Wildman–Crippen MR) is 92.3 cm³/mol. The first kappa shape index (κ1) is 19.3. The van der Waals surface area contributed by atoms with Crippen LogP contribution in [-0.4, -0.2) is 40.8 Å². The fraction of sp³-hybridized carbons (Fsp3) is 0.562. The average molecular weight is 342 g/mol. The largest absolute Gasteiger partial charge is 0.497 e. The number of amides is 1. The van der Waals surface area contributed by atoms with Crippen LogP contribution in [0.5, 0.6) is 5.75 Å². The Bertz CT molecular complexity index is 585. The van der Waals surface area contributed by atoms with Gasteiger partial charge in [0, 0.05) is 19.5 Å². The molecule has 0 heterocycles. The molecule has 0 bridgehead atoms. The van der Waals surface area contributed by atoms with Crippen LogP contribution in [0.2, 0.25) is 0 Å². The second kappa shape index (κ2) is 9.39. The van der Waals surface area contributed by atoms with E-state index in [0.29, 0.717) is 30.8 Å². The van der Waals surface area contributed by atoms with E-state index in [1.54, 1.807) is 31.4 Å². The number of sulfonamides is 1. The lowest BCUT2D eigenvalue weighted by Gasteiger charge is -2.22. The van der Waals surface area contributed by atoms with Crippen molar-refractivity contribution in [3.05, 3.63) is 24.3 Å². The minimum absolute atomic E-state index is 0.0402. The second-order valence-electron chi connectivity index (χ2n) is 5.34. The van der Waals surface area contributed by atoms with E-state index in [4.69, 9.17) is 4.74 Å². The molecule has 0 unspecified atom stereocenters. The highest BCUT2D eigenvalue weighted by molar-refractivity contribution is 7.92. The third-order valence-corrected chi connectivity index (χ3v) is 4.57. The molecule has 0 aliphatic carbocycles. The highest BCUT2D eigenvalue weighted by Crippen LogP contribution is 2.21. The molecule has 130 valence electrons. The van der Waals surface area contributed by atoms with Crippen LogP contribution in [0.15, 0.2) is 24.3 Å². The molecule has 1 aromatic carbocycles. The van der Waals surface area contributed by atoms with E-state index in [-0.39, 0.29) is 12.5 Å². The standard InChI is InChI=1S/C16H26N2O4S/c1-4-5-12-17-16(19)7-6-13-18(23(3,20)21)14-8-10-15(22-2)11-9-14/h8-11H,4-7,12-13H2,1-3H3,(H,17,19). The van der Waals surface area contributed by atoms with E-state index in [1.165, 1.54) is 10.6 Å². The van der Waals surface area contributed by atoms with Gasteiger partial charge in [-0.25, -0.2) is 8.42 Å². The summed E-state index contributed by atoms with van der Waals surface area (Å²) >= 11 is 0. The van der Waals surface area contributed by atoms with Gasteiger partial charge in [-0.05, 0) is 37.1 Å². The number of anilines is 1. The number of carbonyl (C=O) groups is 1. The summed E-state index contributed by atoms with van der Waals surface area (Å²) in [6, 6.07) is 6.82. The molecule has 0 aromatic heterocycles. The molecule has 0 saturated heterocycles. The SMILES string of the molecule is CCCCNC(=O)CCCN(c1ccc(OC)cc1)S(C)(=O)=O. The molecule has 6 nitrogen and oxygen atoms in total. The summed E-state index contributed by atoms with van der Waals surface area (Å²) in [6.07, 6.45) is 3.92. The van der Waals surface area contributed by atoms with Crippen LogP contribution >= 0.6 is 0 Å². The van der Waals surface area contributed by atoms with Crippen molar-refractivity contribution >= 4 is 21.6 Å². The summed E-state index contributed by atoms with van der Waals surface area (Å²) in [7, 11) is -1.84. The number of rotatable bonds is 10. The van der Waals surface area contributed by atoms with Crippen molar-refractivity contribution < 1.29 is 17.9 Å². The summed E-state index contributed by atoms with van der Waals surface area (Å²) in [5.74, 6) is 0.624. The Hall–Kier alpha value is -1.76. The molecule has 1 N–H and O–H groups in total. The minimum Gasteiger partial charge on any atom is -0.497 e. The Morgan fingerprint density at radius 2 is 1.87 bits per heavy atom. The maximum Gasteiger partial charge on any atom is 0.232 e. The summed E-state index contributed by atoms with van der Waals surface area (Å²) in [6.45, 7) is 3.00. The van der Waals surface area contributed by atoms with Gasteiger partial charge in [-0.2, -0.15) is 0 Å². The third kappa shape index (κ3) is 6.90. The number of benzene rings is 1. The van der Waals surface area contributed by atoms with E-state index in [0.717, 1.165) is 12.8 Å². The van der Waals surface area contributed by atoms with Gasteiger partial charge in [0.05, 0.1) is 19.1 Å². The average Bonchev–Trinajstić information content (AvgIpc) is 2.51. The van der Waals surface area contributed by atoms with Crippen molar-refractivity contribution in [2.24, 2.45) is 0 Å². The van der Waals surface area contributed by atoms with E-state index in [9.17, 15) is 13.2 Å². The molecule has 23 heavy (non-hydrogen) atoms. The molecule has 0 radical (unpaired) electrons. The van der Waals surface area contributed by atoms with E-state index in [1.807, 2.05) is 0 Å². The van der Waals surface area contributed by atoms with Crippen LogP contribution in [0.1, 0.15) is 32.6 Å².